The minimum absolute atomic E-state index is 0.114. The highest BCUT2D eigenvalue weighted by atomic mass is 16.7. The van der Waals surface area contributed by atoms with Crippen LogP contribution in [0.2, 0.25) is 0 Å². The third-order valence-electron chi connectivity index (χ3n) is 4.45. The van der Waals surface area contributed by atoms with Gasteiger partial charge in [0.15, 0.2) is 17.3 Å². The van der Waals surface area contributed by atoms with Crippen LogP contribution >= 0.6 is 0 Å². The summed E-state index contributed by atoms with van der Waals surface area (Å²) in [7, 11) is 0. The molecule has 9 nitrogen and oxygen atoms in total. The zero-order valence-corrected chi connectivity index (χ0v) is 14.7. The van der Waals surface area contributed by atoms with Crippen molar-refractivity contribution in [1.29, 1.82) is 0 Å². The summed E-state index contributed by atoms with van der Waals surface area (Å²) in [6.07, 6.45) is 2.30. The Morgan fingerprint density at radius 2 is 2.00 bits per heavy atom. The predicted molar refractivity (Wildman–Crippen MR) is 99.2 cm³/mol. The molecule has 0 atom stereocenters. The Hall–Kier alpha value is -3.49. The SMILES string of the molecule is Cc1c(C(=O)Nc2ccc3c(c2)OCO3)oc2c1/C(=N/N=C(N)N)CCC2. The minimum Gasteiger partial charge on any atom is -0.455 e. The molecule has 2 aliphatic rings. The summed E-state index contributed by atoms with van der Waals surface area (Å²) in [5.74, 6) is 1.75. The lowest BCUT2D eigenvalue weighted by atomic mass is 9.93. The van der Waals surface area contributed by atoms with Crippen LogP contribution in [0.5, 0.6) is 11.5 Å². The van der Waals surface area contributed by atoms with E-state index in [-0.39, 0.29) is 24.4 Å². The molecule has 9 heteroatoms. The summed E-state index contributed by atoms with van der Waals surface area (Å²) >= 11 is 0. The number of amides is 1. The molecule has 0 spiro atoms. The van der Waals surface area contributed by atoms with E-state index in [1.165, 1.54) is 0 Å². The zero-order chi connectivity index (χ0) is 19.0. The van der Waals surface area contributed by atoms with Gasteiger partial charge < -0.3 is 30.7 Å². The summed E-state index contributed by atoms with van der Waals surface area (Å²) in [5, 5.41) is 10.7. The average molecular weight is 369 g/mol. The molecular weight excluding hydrogens is 350 g/mol. The number of benzene rings is 1. The van der Waals surface area contributed by atoms with Gasteiger partial charge in [-0.3, -0.25) is 4.79 Å². The van der Waals surface area contributed by atoms with Gasteiger partial charge in [0.2, 0.25) is 12.8 Å². The first-order valence-corrected chi connectivity index (χ1v) is 8.52. The normalized spacial score (nSPS) is 16.1. The zero-order valence-electron chi connectivity index (χ0n) is 14.7. The number of ether oxygens (including phenoxy) is 2. The molecule has 1 aromatic carbocycles. The van der Waals surface area contributed by atoms with Crippen LogP contribution in [-0.2, 0) is 6.42 Å². The van der Waals surface area contributed by atoms with Crippen LogP contribution in [0, 0.1) is 6.92 Å². The van der Waals surface area contributed by atoms with Gasteiger partial charge in [-0.25, -0.2) is 0 Å². The molecule has 140 valence electrons. The molecule has 1 amide bonds. The van der Waals surface area contributed by atoms with E-state index in [1.54, 1.807) is 18.2 Å². The van der Waals surface area contributed by atoms with E-state index in [0.717, 1.165) is 24.2 Å². The van der Waals surface area contributed by atoms with Crippen LogP contribution in [0.15, 0.2) is 32.8 Å². The van der Waals surface area contributed by atoms with Crippen LogP contribution in [0.25, 0.3) is 0 Å². The van der Waals surface area contributed by atoms with Crippen LogP contribution in [-0.4, -0.2) is 24.4 Å². The third kappa shape index (κ3) is 3.19. The Morgan fingerprint density at radius 1 is 1.19 bits per heavy atom. The number of hydrogen-bond donors (Lipinski definition) is 3. The predicted octanol–water partition coefficient (Wildman–Crippen LogP) is 1.88. The van der Waals surface area contributed by atoms with Gasteiger partial charge in [-0.1, -0.05) is 0 Å². The molecule has 1 aliphatic carbocycles. The topological polar surface area (TPSA) is 137 Å². The number of anilines is 1. The molecule has 0 radical (unpaired) electrons. The van der Waals surface area contributed by atoms with Gasteiger partial charge in [0, 0.05) is 29.3 Å². The van der Waals surface area contributed by atoms with E-state index < -0.39 is 0 Å². The molecular formula is C18H19N5O4. The number of nitrogens with zero attached hydrogens (tertiary/aromatic N) is 2. The molecule has 1 aromatic heterocycles. The second-order valence-corrected chi connectivity index (χ2v) is 6.30. The van der Waals surface area contributed by atoms with Gasteiger partial charge >= 0.3 is 0 Å². The maximum atomic E-state index is 12.7. The quantitative estimate of drug-likeness (QED) is 0.429. The van der Waals surface area contributed by atoms with Crippen molar-refractivity contribution >= 4 is 23.3 Å². The van der Waals surface area contributed by atoms with Gasteiger partial charge in [0.05, 0.1) is 5.71 Å². The van der Waals surface area contributed by atoms with E-state index in [0.29, 0.717) is 34.9 Å². The van der Waals surface area contributed by atoms with Crippen LogP contribution in [0.1, 0.15) is 40.3 Å². The average Bonchev–Trinajstić information content (AvgIpc) is 3.24. The third-order valence-corrected chi connectivity index (χ3v) is 4.45. The Balaban J connectivity index is 1.62. The highest BCUT2D eigenvalue weighted by Crippen LogP contribution is 2.35. The molecule has 27 heavy (non-hydrogen) atoms. The molecule has 2 aromatic rings. The molecule has 1 aliphatic heterocycles. The monoisotopic (exact) mass is 369 g/mol. The fourth-order valence-corrected chi connectivity index (χ4v) is 3.27. The van der Waals surface area contributed by atoms with E-state index >= 15 is 0 Å². The van der Waals surface area contributed by atoms with E-state index in [9.17, 15) is 4.79 Å². The Bertz CT molecular complexity index is 972. The van der Waals surface area contributed by atoms with Gasteiger partial charge in [-0.15, -0.1) is 5.10 Å². The molecule has 0 saturated carbocycles. The van der Waals surface area contributed by atoms with Crippen LogP contribution in [0.4, 0.5) is 5.69 Å². The van der Waals surface area contributed by atoms with Crippen molar-refractivity contribution < 1.29 is 18.7 Å². The summed E-state index contributed by atoms with van der Waals surface area (Å²) in [5.41, 5.74) is 13.5. The van der Waals surface area contributed by atoms with Crippen molar-refractivity contribution in [3.63, 3.8) is 0 Å². The number of nitrogens with two attached hydrogens (primary N) is 2. The smallest absolute Gasteiger partial charge is 0.291 e. The van der Waals surface area contributed by atoms with Crippen molar-refractivity contribution in [2.75, 3.05) is 12.1 Å². The fourth-order valence-electron chi connectivity index (χ4n) is 3.27. The van der Waals surface area contributed by atoms with Gasteiger partial charge in [0.1, 0.15) is 5.76 Å². The number of aryl methyl sites for hydroxylation is 1. The first-order chi connectivity index (χ1) is 13.0. The lowest BCUT2D eigenvalue weighted by molar-refractivity contribution is 0.0994. The summed E-state index contributed by atoms with van der Waals surface area (Å²) in [6.45, 7) is 2.00. The lowest BCUT2D eigenvalue weighted by Gasteiger charge is -2.11. The highest BCUT2D eigenvalue weighted by molar-refractivity contribution is 6.09. The van der Waals surface area contributed by atoms with E-state index in [4.69, 9.17) is 25.4 Å². The number of nitrogens with one attached hydrogen (secondary N) is 1. The highest BCUT2D eigenvalue weighted by Gasteiger charge is 2.28. The Labute approximate surface area is 155 Å². The van der Waals surface area contributed by atoms with Crippen molar-refractivity contribution in [3.8, 4) is 11.5 Å². The first-order valence-electron chi connectivity index (χ1n) is 8.52. The number of carbonyl (C=O) groups excluding carboxylic acids is 1. The van der Waals surface area contributed by atoms with Crippen molar-refractivity contribution in [2.45, 2.75) is 26.2 Å². The maximum Gasteiger partial charge on any atom is 0.291 e. The van der Waals surface area contributed by atoms with E-state index in [1.807, 2.05) is 6.92 Å². The van der Waals surface area contributed by atoms with Crippen molar-refractivity contribution in [2.24, 2.45) is 21.7 Å². The van der Waals surface area contributed by atoms with Crippen LogP contribution < -0.4 is 26.3 Å². The molecule has 0 saturated heterocycles. The summed E-state index contributed by atoms with van der Waals surface area (Å²) in [4.78, 5) is 12.7. The second kappa shape index (κ2) is 6.67. The molecule has 0 bridgehead atoms. The minimum atomic E-state index is -0.345. The molecule has 0 fully saturated rings. The first kappa shape index (κ1) is 17.0. The van der Waals surface area contributed by atoms with Gasteiger partial charge in [-0.2, -0.15) is 5.10 Å². The number of fused-ring (bicyclic) bond motifs is 2. The largest absolute Gasteiger partial charge is 0.455 e. The van der Waals surface area contributed by atoms with Crippen molar-refractivity contribution in [3.05, 3.63) is 40.8 Å². The Kier molecular flexibility index (Phi) is 4.19. The molecule has 4 rings (SSSR count). The Morgan fingerprint density at radius 3 is 2.81 bits per heavy atom. The molecule has 2 heterocycles. The molecule has 0 unspecified atom stereocenters. The number of guanidine groups is 1. The molecule has 5 N–H and O–H groups in total. The lowest BCUT2D eigenvalue weighted by Crippen LogP contribution is -2.22. The number of furan rings is 1. The van der Waals surface area contributed by atoms with Gasteiger partial charge in [0.25, 0.3) is 5.91 Å². The van der Waals surface area contributed by atoms with Gasteiger partial charge in [-0.05, 0) is 31.9 Å². The second-order valence-electron chi connectivity index (χ2n) is 6.30. The standard InChI is InChI=1S/C18H19N5O4/c1-9-15-11(22-23-18(19)20)3-2-4-13(15)27-16(9)17(24)21-10-5-6-12-14(7-10)26-8-25-12/h5-7H,2-4,8H2,1H3,(H,21,24)(H4,19,20,23)/b22-11+. The van der Waals surface area contributed by atoms with E-state index in [2.05, 4.69) is 15.5 Å². The summed E-state index contributed by atoms with van der Waals surface area (Å²) < 4.78 is 16.4. The van der Waals surface area contributed by atoms with Crippen LogP contribution in [0.3, 0.4) is 0 Å². The van der Waals surface area contributed by atoms with Crippen molar-refractivity contribution in [1.82, 2.24) is 0 Å². The summed E-state index contributed by atoms with van der Waals surface area (Å²) in [6, 6.07) is 5.21. The number of rotatable bonds is 3. The number of carbonyl (C=O) groups is 1. The maximum absolute atomic E-state index is 12.7. The number of hydrogen-bond acceptors (Lipinski definition) is 6. The fraction of sp³-hybridized carbons (Fsp3) is 0.278.